The summed E-state index contributed by atoms with van der Waals surface area (Å²) in [6.45, 7) is 2.20. The topological polar surface area (TPSA) is 47.3 Å². The third kappa shape index (κ3) is 2.42. The Morgan fingerprint density at radius 2 is 2.28 bits per heavy atom. The van der Waals surface area contributed by atoms with Gasteiger partial charge < -0.3 is 14.5 Å². The van der Waals surface area contributed by atoms with Crippen LogP contribution in [0.3, 0.4) is 0 Å². The average Bonchev–Trinajstić information content (AvgIpc) is 2.98. The Hall–Kier alpha value is -1.33. The molecule has 0 fully saturated rings. The number of benzene rings is 1. The van der Waals surface area contributed by atoms with Crippen LogP contribution in [-0.4, -0.2) is 11.6 Å². The van der Waals surface area contributed by atoms with Crippen LogP contribution in [0.25, 0.3) is 0 Å². The van der Waals surface area contributed by atoms with Gasteiger partial charge in [-0.15, -0.1) is 0 Å². The molecule has 0 amide bonds. The van der Waals surface area contributed by atoms with Crippen LogP contribution in [0.1, 0.15) is 16.9 Å². The molecule has 0 unspecified atom stereocenters. The molecule has 0 radical (unpaired) electrons. The maximum absolute atomic E-state index is 5.68. The van der Waals surface area contributed by atoms with Gasteiger partial charge >= 0.3 is 0 Å². The Kier molecular flexibility index (Phi) is 3.34. The predicted molar refractivity (Wildman–Crippen MR) is 70.4 cm³/mol. The molecule has 1 aromatic heterocycles. The summed E-state index contributed by atoms with van der Waals surface area (Å²) >= 11 is 3.53. The van der Waals surface area contributed by atoms with E-state index in [1.807, 2.05) is 0 Å². The second kappa shape index (κ2) is 5.12. The van der Waals surface area contributed by atoms with Crippen molar-refractivity contribution in [3.8, 4) is 5.75 Å². The Labute approximate surface area is 113 Å². The van der Waals surface area contributed by atoms with Crippen LogP contribution in [-0.2, 0) is 19.5 Å². The first-order chi connectivity index (χ1) is 8.83. The summed E-state index contributed by atoms with van der Waals surface area (Å²) in [5, 5.41) is 3.33. The summed E-state index contributed by atoms with van der Waals surface area (Å²) in [7, 11) is 0. The third-order valence-corrected chi connectivity index (χ3v) is 3.38. The highest BCUT2D eigenvalue weighted by Gasteiger charge is 2.17. The third-order valence-electron chi connectivity index (χ3n) is 2.92. The second-order valence-corrected chi connectivity index (χ2v) is 5.14. The molecular formula is C13H13BrN2O2. The van der Waals surface area contributed by atoms with Gasteiger partial charge in [-0.2, -0.15) is 0 Å². The van der Waals surface area contributed by atoms with Gasteiger partial charge in [-0.25, -0.2) is 4.98 Å². The second-order valence-electron chi connectivity index (χ2n) is 4.22. The number of oxazole rings is 1. The molecule has 1 N–H and O–H groups in total. The molecule has 3 rings (SSSR count). The summed E-state index contributed by atoms with van der Waals surface area (Å²) in [5.74, 6) is 1.87. The molecule has 1 aliphatic rings. The fourth-order valence-corrected chi connectivity index (χ4v) is 2.68. The van der Waals surface area contributed by atoms with Crippen LogP contribution in [0.5, 0.6) is 5.75 Å². The summed E-state index contributed by atoms with van der Waals surface area (Å²) in [4.78, 5) is 3.88. The quantitative estimate of drug-likeness (QED) is 0.943. The molecule has 94 valence electrons. The van der Waals surface area contributed by atoms with Crippen molar-refractivity contribution in [2.45, 2.75) is 19.5 Å². The zero-order valence-electron chi connectivity index (χ0n) is 9.78. The van der Waals surface area contributed by atoms with Crippen molar-refractivity contribution in [3.05, 3.63) is 46.1 Å². The first-order valence-electron chi connectivity index (χ1n) is 5.85. The number of hydrogen-bond acceptors (Lipinski definition) is 4. The lowest BCUT2D eigenvalue weighted by Gasteiger charge is -2.09. The summed E-state index contributed by atoms with van der Waals surface area (Å²) in [6, 6.07) is 4.22. The van der Waals surface area contributed by atoms with Crippen molar-refractivity contribution < 1.29 is 9.15 Å². The number of hydrogen-bond donors (Lipinski definition) is 1. The Morgan fingerprint density at radius 1 is 1.33 bits per heavy atom. The Morgan fingerprint density at radius 3 is 3.11 bits per heavy atom. The summed E-state index contributed by atoms with van der Waals surface area (Å²) in [6.07, 6.45) is 4.15. The van der Waals surface area contributed by atoms with Gasteiger partial charge in [0.25, 0.3) is 0 Å². The van der Waals surface area contributed by atoms with E-state index >= 15 is 0 Å². The van der Waals surface area contributed by atoms with Crippen LogP contribution >= 0.6 is 15.9 Å². The smallest absolute Gasteiger partial charge is 0.180 e. The van der Waals surface area contributed by atoms with E-state index in [1.165, 1.54) is 17.5 Å². The Bertz CT molecular complexity index is 540. The lowest BCUT2D eigenvalue weighted by atomic mass is 10.1. The molecule has 0 atom stereocenters. The maximum Gasteiger partial charge on any atom is 0.180 e. The van der Waals surface area contributed by atoms with Gasteiger partial charge in [-0.1, -0.05) is 15.9 Å². The predicted octanol–water partition coefficient (Wildman–Crippen LogP) is 2.66. The highest BCUT2D eigenvalue weighted by Crippen LogP contribution is 2.32. The molecule has 0 spiro atoms. The van der Waals surface area contributed by atoms with E-state index in [2.05, 4.69) is 38.4 Å². The molecule has 0 saturated carbocycles. The van der Waals surface area contributed by atoms with Gasteiger partial charge in [0.15, 0.2) is 6.39 Å². The first-order valence-corrected chi connectivity index (χ1v) is 6.64. The van der Waals surface area contributed by atoms with Crippen LogP contribution in [0.15, 0.2) is 33.6 Å². The van der Waals surface area contributed by atoms with Gasteiger partial charge in [-0.3, -0.25) is 0 Å². The standard InChI is InChI=1S/C13H13BrN2O2/c14-11-3-9-1-2-17-13(9)10(4-11)5-15-6-12-7-16-8-18-12/h3-4,7-8,15H,1-2,5-6H2. The van der Waals surface area contributed by atoms with E-state index in [-0.39, 0.29) is 0 Å². The van der Waals surface area contributed by atoms with Crippen molar-refractivity contribution in [3.63, 3.8) is 0 Å². The molecule has 18 heavy (non-hydrogen) atoms. The normalized spacial score (nSPS) is 13.4. The van der Waals surface area contributed by atoms with E-state index in [0.717, 1.165) is 35.6 Å². The number of aromatic nitrogens is 1. The first kappa shape index (κ1) is 11.7. The summed E-state index contributed by atoms with van der Waals surface area (Å²) < 4.78 is 11.9. The van der Waals surface area contributed by atoms with Crippen LogP contribution in [0.4, 0.5) is 0 Å². The monoisotopic (exact) mass is 308 g/mol. The molecule has 0 saturated heterocycles. The van der Waals surface area contributed by atoms with E-state index < -0.39 is 0 Å². The number of fused-ring (bicyclic) bond motifs is 1. The molecule has 4 nitrogen and oxygen atoms in total. The average molecular weight is 309 g/mol. The number of nitrogens with one attached hydrogen (secondary N) is 1. The van der Waals surface area contributed by atoms with E-state index in [1.54, 1.807) is 6.20 Å². The molecule has 5 heteroatoms. The highest BCUT2D eigenvalue weighted by atomic mass is 79.9. The molecule has 0 aliphatic carbocycles. The van der Waals surface area contributed by atoms with Gasteiger partial charge in [0.2, 0.25) is 0 Å². The van der Waals surface area contributed by atoms with Crippen molar-refractivity contribution in [2.75, 3.05) is 6.61 Å². The maximum atomic E-state index is 5.68. The highest BCUT2D eigenvalue weighted by molar-refractivity contribution is 9.10. The van der Waals surface area contributed by atoms with Crippen molar-refractivity contribution in [2.24, 2.45) is 0 Å². The van der Waals surface area contributed by atoms with Crippen LogP contribution in [0.2, 0.25) is 0 Å². The minimum absolute atomic E-state index is 0.668. The molecule has 1 aliphatic heterocycles. The van der Waals surface area contributed by atoms with Gasteiger partial charge in [0, 0.05) is 23.0 Å². The SMILES string of the molecule is Brc1cc2c(c(CNCc3cnco3)c1)OCC2. The van der Waals surface area contributed by atoms with Gasteiger partial charge in [0.05, 0.1) is 19.3 Å². The number of halogens is 1. The fourth-order valence-electron chi connectivity index (χ4n) is 2.13. The minimum atomic E-state index is 0.668. The summed E-state index contributed by atoms with van der Waals surface area (Å²) in [5.41, 5.74) is 2.46. The zero-order chi connectivity index (χ0) is 12.4. The largest absolute Gasteiger partial charge is 0.493 e. The number of rotatable bonds is 4. The van der Waals surface area contributed by atoms with E-state index in [0.29, 0.717) is 6.54 Å². The fraction of sp³-hybridized carbons (Fsp3) is 0.308. The van der Waals surface area contributed by atoms with Crippen molar-refractivity contribution in [1.29, 1.82) is 0 Å². The molecule has 2 heterocycles. The van der Waals surface area contributed by atoms with Gasteiger partial charge in [-0.05, 0) is 17.7 Å². The van der Waals surface area contributed by atoms with Gasteiger partial charge in [0.1, 0.15) is 11.5 Å². The Balaban J connectivity index is 1.69. The molecule has 2 aromatic rings. The van der Waals surface area contributed by atoms with Crippen molar-refractivity contribution in [1.82, 2.24) is 10.3 Å². The number of nitrogens with zero attached hydrogens (tertiary/aromatic N) is 1. The lowest BCUT2D eigenvalue weighted by Crippen LogP contribution is -2.13. The van der Waals surface area contributed by atoms with Crippen LogP contribution < -0.4 is 10.1 Å². The zero-order valence-corrected chi connectivity index (χ0v) is 11.4. The van der Waals surface area contributed by atoms with E-state index in [4.69, 9.17) is 9.15 Å². The molecule has 0 bridgehead atoms. The minimum Gasteiger partial charge on any atom is -0.493 e. The number of ether oxygens (including phenoxy) is 1. The lowest BCUT2D eigenvalue weighted by molar-refractivity contribution is 0.352. The van der Waals surface area contributed by atoms with Crippen LogP contribution in [0, 0.1) is 0 Å². The molecule has 1 aromatic carbocycles. The van der Waals surface area contributed by atoms with Crippen molar-refractivity contribution >= 4 is 15.9 Å². The molecular weight excluding hydrogens is 296 g/mol. The van der Waals surface area contributed by atoms with E-state index in [9.17, 15) is 0 Å².